The number of aromatic nitrogens is 3. The molecular formula is C15H18N3O4S-. The molecule has 0 fully saturated rings. The van der Waals surface area contributed by atoms with Crippen molar-refractivity contribution >= 4 is 17.7 Å². The Bertz CT molecular complexity index is 660. The molecule has 7 nitrogen and oxygen atoms in total. The molecule has 0 saturated carbocycles. The molecule has 0 aliphatic rings. The first kappa shape index (κ1) is 17.1. The second-order valence-corrected chi connectivity index (χ2v) is 5.62. The lowest BCUT2D eigenvalue weighted by atomic mass is 10.3. The summed E-state index contributed by atoms with van der Waals surface area (Å²) in [7, 11) is 1.59. The number of ether oxygens (including phenoxy) is 2. The van der Waals surface area contributed by atoms with Gasteiger partial charge in [0.25, 0.3) is 0 Å². The summed E-state index contributed by atoms with van der Waals surface area (Å²) in [5.74, 6) is 1.29. The van der Waals surface area contributed by atoms with E-state index >= 15 is 0 Å². The van der Waals surface area contributed by atoms with Gasteiger partial charge in [0.15, 0.2) is 22.5 Å². The Morgan fingerprint density at radius 3 is 2.70 bits per heavy atom. The van der Waals surface area contributed by atoms with Gasteiger partial charge in [0.05, 0.1) is 7.11 Å². The van der Waals surface area contributed by atoms with E-state index in [1.54, 1.807) is 7.11 Å². The first-order valence-electron chi connectivity index (χ1n) is 7.16. The molecule has 0 spiro atoms. The molecule has 0 bridgehead atoms. The highest BCUT2D eigenvalue weighted by molar-refractivity contribution is 7.99. The largest absolute Gasteiger partial charge is 0.550 e. The van der Waals surface area contributed by atoms with Gasteiger partial charge in [-0.25, -0.2) is 0 Å². The molecule has 23 heavy (non-hydrogen) atoms. The van der Waals surface area contributed by atoms with E-state index in [2.05, 4.69) is 10.2 Å². The van der Waals surface area contributed by atoms with Gasteiger partial charge in [-0.1, -0.05) is 23.9 Å². The van der Waals surface area contributed by atoms with Crippen LogP contribution in [0.5, 0.6) is 11.5 Å². The average molecular weight is 336 g/mol. The topological polar surface area (TPSA) is 89.3 Å². The standard InChI is InChI=1S/C15H19N3O4S/c1-3-18-13(16-17-15(18)23-9-8-14(19)20)10-22-12-7-5-4-6-11(12)21-2/h4-7H,3,8-10H2,1-2H3,(H,19,20)/p-1. The monoisotopic (exact) mass is 336 g/mol. The van der Waals surface area contributed by atoms with Gasteiger partial charge in [-0.2, -0.15) is 0 Å². The zero-order valence-corrected chi connectivity index (χ0v) is 13.8. The maximum absolute atomic E-state index is 10.5. The summed E-state index contributed by atoms with van der Waals surface area (Å²) in [4.78, 5) is 10.5. The number of hydrogen-bond donors (Lipinski definition) is 0. The zero-order chi connectivity index (χ0) is 16.7. The molecule has 1 aromatic heterocycles. The number of aliphatic carboxylic acids is 1. The summed E-state index contributed by atoms with van der Waals surface area (Å²) in [6.07, 6.45) is -0.0196. The second kappa shape index (κ2) is 8.42. The van der Waals surface area contributed by atoms with E-state index in [0.717, 1.165) is 0 Å². The fraction of sp³-hybridized carbons (Fsp3) is 0.400. The van der Waals surface area contributed by atoms with E-state index < -0.39 is 5.97 Å². The van der Waals surface area contributed by atoms with Crippen LogP contribution >= 0.6 is 11.8 Å². The Morgan fingerprint density at radius 2 is 2.04 bits per heavy atom. The van der Waals surface area contributed by atoms with E-state index in [-0.39, 0.29) is 13.0 Å². The van der Waals surface area contributed by atoms with E-state index in [1.165, 1.54) is 11.8 Å². The molecule has 0 atom stereocenters. The minimum Gasteiger partial charge on any atom is -0.550 e. The quantitative estimate of drug-likeness (QED) is 0.634. The molecular weight excluding hydrogens is 318 g/mol. The lowest BCUT2D eigenvalue weighted by Crippen LogP contribution is -2.22. The fourth-order valence-electron chi connectivity index (χ4n) is 1.96. The van der Waals surface area contributed by atoms with E-state index in [0.29, 0.717) is 34.8 Å². The summed E-state index contributed by atoms with van der Waals surface area (Å²) in [6.45, 7) is 2.90. The Kier molecular flexibility index (Phi) is 6.28. The van der Waals surface area contributed by atoms with Crippen LogP contribution in [-0.4, -0.2) is 33.6 Å². The maximum Gasteiger partial charge on any atom is 0.191 e. The van der Waals surface area contributed by atoms with Crippen molar-refractivity contribution in [1.82, 2.24) is 14.8 Å². The number of carbonyl (C=O) groups excluding carboxylic acids is 1. The molecule has 0 unspecified atom stereocenters. The van der Waals surface area contributed by atoms with Crippen LogP contribution in [0, 0.1) is 0 Å². The fourth-order valence-corrected chi connectivity index (χ4v) is 2.90. The first-order chi connectivity index (χ1) is 11.2. The molecule has 124 valence electrons. The highest BCUT2D eigenvalue weighted by atomic mass is 32.2. The Labute approximate surface area is 138 Å². The number of benzene rings is 1. The van der Waals surface area contributed by atoms with Crippen LogP contribution in [0.2, 0.25) is 0 Å². The molecule has 1 heterocycles. The van der Waals surface area contributed by atoms with Crippen LogP contribution in [0.25, 0.3) is 0 Å². The summed E-state index contributed by atoms with van der Waals surface area (Å²) in [6, 6.07) is 7.37. The first-order valence-corrected chi connectivity index (χ1v) is 8.14. The van der Waals surface area contributed by atoms with Crippen molar-refractivity contribution in [1.29, 1.82) is 0 Å². The van der Waals surface area contributed by atoms with Crippen molar-refractivity contribution in [3.63, 3.8) is 0 Å². The Hall–Kier alpha value is -2.22. The van der Waals surface area contributed by atoms with E-state index in [1.807, 2.05) is 35.8 Å². The van der Waals surface area contributed by atoms with Gasteiger partial charge >= 0.3 is 0 Å². The number of nitrogens with zero attached hydrogens (tertiary/aromatic N) is 3. The molecule has 1 aromatic carbocycles. The minimum atomic E-state index is -1.07. The molecule has 0 aliphatic carbocycles. The number of carboxylic acid groups (broad SMARTS) is 1. The zero-order valence-electron chi connectivity index (χ0n) is 13.0. The van der Waals surface area contributed by atoms with E-state index in [9.17, 15) is 9.90 Å². The normalized spacial score (nSPS) is 10.5. The molecule has 0 aliphatic heterocycles. The number of carbonyl (C=O) groups is 1. The third-order valence-corrected chi connectivity index (χ3v) is 4.04. The number of thioether (sulfide) groups is 1. The third-order valence-electron chi connectivity index (χ3n) is 3.07. The highest BCUT2D eigenvalue weighted by Gasteiger charge is 2.12. The Morgan fingerprint density at radius 1 is 1.30 bits per heavy atom. The van der Waals surface area contributed by atoms with Gasteiger partial charge in [-0.05, 0) is 25.5 Å². The Balaban J connectivity index is 2.02. The SMILES string of the molecule is CCn1c(COc2ccccc2OC)nnc1SCCC(=O)[O-]. The number of rotatable bonds is 9. The summed E-state index contributed by atoms with van der Waals surface area (Å²) >= 11 is 1.34. The molecule has 0 N–H and O–H groups in total. The highest BCUT2D eigenvalue weighted by Crippen LogP contribution is 2.27. The summed E-state index contributed by atoms with van der Waals surface area (Å²) < 4.78 is 12.9. The van der Waals surface area contributed by atoms with Crippen LogP contribution in [0.1, 0.15) is 19.2 Å². The lowest BCUT2D eigenvalue weighted by Gasteiger charge is -2.11. The van der Waals surface area contributed by atoms with Crippen LogP contribution < -0.4 is 14.6 Å². The van der Waals surface area contributed by atoms with Crippen LogP contribution in [-0.2, 0) is 17.9 Å². The summed E-state index contributed by atoms with van der Waals surface area (Å²) in [5.41, 5.74) is 0. The van der Waals surface area contributed by atoms with Gasteiger partial charge < -0.3 is 23.9 Å². The number of carboxylic acids is 1. The van der Waals surface area contributed by atoms with Crippen molar-refractivity contribution in [3.8, 4) is 11.5 Å². The van der Waals surface area contributed by atoms with Crippen LogP contribution in [0.4, 0.5) is 0 Å². The predicted octanol–water partition coefficient (Wildman–Crippen LogP) is 1.12. The van der Waals surface area contributed by atoms with Crippen molar-refractivity contribution < 1.29 is 19.4 Å². The van der Waals surface area contributed by atoms with Crippen molar-refractivity contribution in [2.24, 2.45) is 0 Å². The van der Waals surface area contributed by atoms with Crippen LogP contribution in [0.3, 0.4) is 0 Å². The smallest absolute Gasteiger partial charge is 0.191 e. The molecule has 0 saturated heterocycles. The minimum absolute atomic E-state index is 0.0196. The molecule has 8 heteroatoms. The van der Waals surface area contributed by atoms with Crippen molar-refractivity contribution in [3.05, 3.63) is 30.1 Å². The summed E-state index contributed by atoms with van der Waals surface area (Å²) in [5, 5.41) is 19.4. The van der Waals surface area contributed by atoms with Crippen LogP contribution in [0.15, 0.2) is 29.4 Å². The predicted molar refractivity (Wildman–Crippen MR) is 83.4 cm³/mol. The molecule has 2 aromatic rings. The van der Waals surface area contributed by atoms with Gasteiger partial charge in [0, 0.05) is 18.3 Å². The van der Waals surface area contributed by atoms with Gasteiger partial charge in [-0.3, -0.25) is 0 Å². The van der Waals surface area contributed by atoms with Crippen molar-refractivity contribution in [2.45, 2.75) is 31.7 Å². The maximum atomic E-state index is 10.5. The second-order valence-electron chi connectivity index (χ2n) is 4.55. The molecule has 2 rings (SSSR count). The number of hydrogen-bond acceptors (Lipinski definition) is 7. The molecule has 0 amide bonds. The van der Waals surface area contributed by atoms with E-state index in [4.69, 9.17) is 9.47 Å². The third kappa shape index (κ3) is 4.62. The van der Waals surface area contributed by atoms with Crippen molar-refractivity contribution in [2.75, 3.05) is 12.9 Å². The van der Waals surface area contributed by atoms with Gasteiger partial charge in [0.2, 0.25) is 0 Å². The number of para-hydroxylation sites is 2. The average Bonchev–Trinajstić information content (AvgIpc) is 2.94. The van der Waals surface area contributed by atoms with Gasteiger partial charge in [0.1, 0.15) is 6.61 Å². The molecule has 0 radical (unpaired) electrons. The lowest BCUT2D eigenvalue weighted by molar-refractivity contribution is -0.305. The van der Waals surface area contributed by atoms with Gasteiger partial charge in [-0.15, -0.1) is 10.2 Å². The number of methoxy groups -OCH3 is 1.